The molecule has 0 aliphatic heterocycles. The monoisotopic (exact) mass is 284 g/mol. The molecule has 0 saturated heterocycles. The van der Waals surface area contributed by atoms with Crippen LogP contribution < -0.4 is 5.32 Å². The summed E-state index contributed by atoms with van der Waals surface area (Å²) in [6, 6.07) is 7.26. The number of nitrogens with zero attached hydrogens (tertiary/aromatic N) is 1. The Balaban J connectivity index is 2.63. The van der Waals surface area contributed by atoms with Crippen LogP contribution in [0.4, 0.5) is 0 Å². The molecule has 6 heteroatoms. The molecule has 19 heavy (non-hydrogen) atoms. The highest BCUT2D eigenvalue weighted by Crippen LogP contribution is 2.11. The Morgan fingerprint density at radius 1 is 1.32 bits per heavy atom. The first-order valence-electron chi connectivity index (χ1n) is 5.90. The molecule has 1 amide bonds. The molecule has 0 bridgehead atoms. The van der Waals surface area contributed by atoms with Crippen molar-refractivity contribution in [3.05, 3.63) is 34.9 Å². The van der Waals surface area contributed by atoms with Crippen LogP contribution in [0.5, 0.6) is 0 Å². The van der Waals surface area contributed by atoms with E-state index < -0.39 is 5.97 Å². The molecule has 0 aliphatic carbocycles. The van der Waals surface area contributed by atoms with E-state index in [9.17, 15) is 9.59 Å². The highest BCUT2D eigenvalue weighted by molar-refractivity contribution is 6.30. The van der Waals surface area contributed by atoms with Gasteiger partial charge in [-0.3, -0.25) is 14.5 Å². The van der Waals surface area contributed by atoms with E-state index in [2.05, 4.69) is 5.32 Å². The molecule has 1 aromatic rings. The standard InChI is InChI=1S/C13H17ClN2O3/c1-15-12(17)9-16(7-6-13(18)19)8-10-2-4-11(14)5-3-10/h2-5H,6-9H2,1H3,(H,15,17)(H,18,19). The Bertz CT molecular complexity index is 434. The maximum atomic E-state index is 11.4. The van der Waals surface area contributed by atoms with Crippen LogP contribution in [-0.4, -0.2) is 42.0 Å². The Kier molecular flexibility index (Phi) is 6.32. The third kappa shape index (κ3) is 6.22. The molecular weight excluding hydrogens is 268 g/mol. The Morgan fingerprint density at radius 3 is 2.47 bits per heavy atom. The first-order valence-corrected chi connectivity index (χ1v) is 6.28. The minimum absolute atomic E-state index is 0.00455. The summed E-state index contributed by atoms with van der Waals surface area (Å²) < 4.78 is 0. The fraction of sp³-hybridized carbons (Fsp3) is 0.385. The van der Waals surface area contributed by atoms with Gasteiger partial charge in [-0.15, -0.1) is 0 Å². The third-order valence-corrected chi connectivity index (χ3v) is 2.86. The normalized spacial score (nSPS) is 10.5. The second kappa shape index (κ2) is 7.76. The molecule has 104 valence electrons. The number of hydrogen-bond acceptors (Lipinski definition) is 3. The number of rotatable bonds is 7. The second-order valence-corrected chi connectivity index (χ2v) is 4.59. The van der Waals surface area contributed by atoms with Gasteiger partial charge in [0.2, 0.25) is 5.91 Å². The Morgan fingerprint density at radius 2 is 1.95 bits per heavy atom. The van der Waals surface area contributed by atoms with E-state index in [1.165, 1.54) is 0 Å². The molecule has 2 N–H and O–H groups in total. The predicted molar refractivity (Wildman–Crippen MR) is 73.0 cm³/mol. The first kappa shape index (κ1) is 15.5. The summed E-state index contributed by atoms with van der Waals surface area (Å²) in [7, 11) is 1.56. The van der Waals surface area contributed by atoms with E-state index in [1.807, 2.05) is 12.1 Å². The Labute approximate surface area is 117 Å². The van der Waals surface area contributed by atoms with E-state index >= 15 is 0 Å². The van der Waals surface area contributed by atoms with Crippen molar-refractivity contribution in [3.8, 4) is 0 Å². The molecule has 0 spiro atoms. The quantitative estimate of drug-likeness (QED) is 0.793. The van der Waals surface area contributed by atoms with Gasteiger partial charge in [0.05, 0.1) is 13.0 Å². The molecule has 1 rings (SSSR count). The molecule has 0 atom stereocenters. The summed E-state index contributed by atoms with van der Waals surface area (Å²) in [5.74, 6) is -1.02. The molecule has 0 heterocycles. The molecule has 0 saturated carbocycles. The molecule has 1 aromatic carbocycles. The van der Waals surface area contributed by atoms with Gasteiger partial charge in [0.15, 0.2) is 0 Å². The van der Waals surface area contributed by atoms with Crippen molar-refractivity contribution in [1.82, 2.24) is 10.2 Å². The molecule has 0 radical (unpaired) electrons. The van der Waals surface area contributed by atoms with Gasteiger partial charge in [0, 0.05) is 25.2 Å². The van der Waals surface area contributed by atoms with E-state index in [4.69, 9.17) is 16.7 Å². The lowest BCUT2D eigenvalue weighted by Gasteiger charge is -2.20. The number of likely N-dealkylation sites (N-methyl/N-ethyl adjacent to an activating group) is 1. The zero-order valence-corrected chi connectivity index (χ0v) is 11.5. The second-order valence-electron chi connectivity index (χ2n) is 4.15. The highest BCUT2D eigenvalue weighted by Gasteiger charge is 2.12. The van der Waals surface area contributed by atoms with Gasteiger partial charge in [-0.25, -0.2) is 0 Å². The van der Waals surface area contributed by atoms with Gasteiger partial charge in [0.25, 0.3) is 0 Å². The van der Waals surface area contributed by atoms with Gasteiger partial charge in [-0.2, -0.15) is 0 Å². The van der Waals surface area contributed by atoms with E-state index in [0.717, 1.165) is 5.56 Å². The van der Waals surface area contributed by atoms with E-state index in [-0.39, 0.29) is 18.9 Å². The summed E-state index contributed by atoms with van der Waals surface area (Å²) in [5.41, 5.74) is 0.985. The van der Waals surface area contributed by atoms with Crippen molar-refractivity contribution in [3.63, 3.8) is 0 Å². The average Bonchev–Trinajstić information content (AvgIpc) is 2.38. The number of carbonyl (C=O) groups is 2. The summed E-state index contributed by atoms with van der Waals surface area (Å²) >= 11 is 5.80. The number of aliphatic carboxylic acids is 1. The van der Waals surface area contributed by atoms with Crippen LogP contribution in [0, 0.1) is 0 Å². The van der Waals surface area contributed by atoms with Crippen LogP contribution in [0.3, 0.4) is 0 Å². The number of carbonyl (C=O) groups excluding carboxylic acids is 1. The number of halogens is 1. The lowest BCUT2D eigenvalue weighted by Crippen LogP contribution is -2.36. The average molecular weight is 285 g/mol. The number of carboxylic acids is 1. The molecule has 0 fully saturated rings. The topological polar surface area (TPSA) is 69.6 Å². The van der Waals surface area contributed by atoms with Crippen LogP contribution in [0.2, 0.25) is 5.02 Å². The summed E-state index contributed by atoms with van der Waals surface area (Å²) in [6.07, 6.45) is 0.00455. The summed E-state index contributed by atoms with van der Waals surface area (Å²) in [5, 5.41) is 11.9. The van der Waals surface area contributed by atoms with Crippen LogP contribution in [0.25, 0.3) is 0 Å². The molecule has 5 nitrogen and oxygen atoms in total. The largest absolute Gasteiger partial charge is 0.481 e. The number of benzene rings is 1. The van der Waals surface area contributed by atoms with Gasteiger partial charge < -0.3 is 10.4 Å². The zero-order valence-electron chi connectivity index (χ0n) is 10.7. The summed E-state index contributed by atoms with van der Waals surface area (Å²) in [6.45, 7) is 1.01. The molecular formula is C13H17ClN2O3. The number of nitrogens with one attached hydrogen (secondary N) is 1. The fourth-order valence-electron chi connectivity index (χ4n) is 1.60. The van der Waals surface area contributed by atoms with Crippen molar-refractivity contribution in [1.29, 1.82) is 0 Å². The predicted octanol–water partition coefficient (Wildman–Crippen LogP) is 1.36. The number of amides is 1. The van der Waals surface area contributed by atoms with E-state index in [1.54, 1.807) is 24.1 Å². The van der Waals surface area contributed by atoms with Crippen LogP contribution in [0.15, 0.2) is 24.3 Å². The maximum Gasteiger partial charge on any atom is 0.304 e. The third-order valence-electron chi connectivity index (χ3n) is 2.61. The van der Waals surface area contributed by atoms with Crippen molar-refractivity contribution < 1.29 is 14.7 Å². The maximum absolute atomic E-state index is 11.4. The van der Waals surface area contributed by atoms with Crippen LogP contribution >= 0.6 is 11.6 Å². The number of hydrogen-bond donors (Lipinski definition) is 2. The van der Waals surface area contributed by atoms with Gasteiger partial charge >= 0.3 is 5.97 Å². The van der Waals surface area contributed by atoms with Crippen molar-refractivity contribution in [2.24, 2.45) is 0 Å². The highest BCUT2D eigenvalue weighted by atomic mass is 35.5. The molecule has 0 unspecified atom stereocenters. The molecule has 0 aromatic heterocycles. The van der Waals surface area contributed by atoms with Crippen molar-refractivity contribution in [2.45, 2.75) is 13.0 Å². The lowest BCUT2D eigenvalue weighted by atomic mass is 10.2. The van der Waals surface area contributed by atoms with Gasteiger partial charge in [-0.05, 0) is 17.7 Å². The minimum atomic E-state index is -0.877. The van der Waals surface area contributed by atoms with Crippen LogP contribution in [-0.2, 0) is 16.1 Å². The van der Waals surface area contributed by atoms with Crippen LogP contribution in [0.1, 0.15) is 12.0 Å². The van der Waals surface area contributed by atoms with Crippen molar-refractivity contribution >= 4 is 23.5 Å². The minimum Gasteiger partial charge on any atom is -0.481 e. The number of carboxylic acid groups (broad SMARTS) is 1. The van der Waals surface area contributed by atoms with Gasteiger partial charge in [-0.1, -0.05) is 23.7 Å². The SMILES string of the molecule is CNC(=O)CN(CCC(=O)O)Cc1ccc(Cl)cc1. The molecule has 0 aliphatic rings. The first-order chi connectivity index (χ1) is 9.01. The lowest BCUT2D eigenvalue weighted by molar-refractivity contribution is -0.137. The zero-order chi connectivity index (χ0) is 14.3. The Hall–Kier alpha value is -1.59. The smallest absolute Gasteiger partial charge is 0.304 e. The fourth-order valence-corrected chi connectivity index (χ4v) is 1.72. The van der Waals surface area contributed by atoms with Crippen molar-refractivity contribution in [2.75, 3.05) is 20.1 Å². The van der Waals surface area contributed by atoms with Gasteiger partial charge in [0.1, 0.15) is 0 Å². The van der Waals surface area contributed by atoms with E-state index in [0.29, 0.717) is 18.1 Å². The summed E-state index contributed by atoms with van der Waals surface area (Å²) in [4.78, 5) is 23.8.